The van der Waals surface area contributed by atoms with Crippen LogP contribution in [0.5, 0.6) is 0 Å². The van der Waals surface area contributed by atoms with Gasteiger partial charge in [-0.05, 0) is 39.7 Å². The Morgan fingerprint density at radius 3 is 2.79 bits per heavy atom. The molecule has 2 heterocycles. The second-order valence-electron chi connectivity index (χ2n) is 5.62. The smallest absolute Gasteiger partial charge is 0.0644 e. The molecule has 1 aliphatic heterocycles. The molecule has 0 bridgehead atoms. The lowest BCUT2D eigenvalue weighted by atomic mass is 9.99. The van der Waals surface area contributed by atoms with Crippen LogP contribution in [-0.2, 0) is 13.1 Å². The van der Waals surface area contributed by atoms with Crippen LogP contribution in [0.4, 0.5) is 0 Å². The molecule has 1 saturated heterocycles. The number of aliphatic hydroxyl groups excluding tert-OH is 1. The third-order valence-corrected chi connectivity index (χ3v) is 4.42. The zero-order valence-corrected chi connectivity index (χ0v) is 12.5. The molecule has 1 aromatic rings. The molecule has 0 aromatic carbocycles. The number of rotatable bonds is 5. The van der Waals surface area contributed by atoms with Gasteiger partial charge in [-0.2, -0.15) is 5.10 Å². The average Bonchev–Trinajstić information content (AvgIpc) is 2.68. The van der Waals surface area contributed by atoms with Crippen LogP contribution in [0.15, 0.2) is 0 Å². The highest BCUT2D eigenvalue weighted by Crippen LogP contribution is 2.24. The lowest BCUT2D eigenvalue weighted by molar-refractivity contribution is 0.135. The zero-order chi connectivity index (χ0) is 13.8. The summed E-state index contributed by atoms with van der Waals surface area (Å²) in [6, 6.07) is 0.730. The van der Waals surface area contributed by atoms with Crippen LogP contribution in [-0.4, -0.2) is 39.0 Å². The van der Waals surface area contributed by atoms with Crippen molar-refractivity contribution in [2.45, 2.75) is 65.6 Å². The number of hydrogen-bond donors (Lipinski definition) is 1. The summed E-state index contributed by atoms with van der Waals surface area (Å²) >= 11 is 0. The van der Waals surface area contributed by atoms with E-state index < -0.39 is 0 Å². The molecule has 1 fully saturated rings. The summed E-state index contributed by atoms with van der Waals surface area (Å²) in [7, 11) is 0. The molecule has 1 unspecified atom stereocenters. The molecule has 1 aliphatic rings. The molecule has 4 heteroatoms. The molecule has 0 amide bonds. The average molecular weight is 265 g/mol. The van der Waals surface area contributed by atoms with Crippen molar-refractivity contribution in [3.63, 3.8) is 0 Å². The summed E-state index contributed by atoms with van der Waals surface area (Å²) in [6.45, 7) is 9.48. The SMILES string of the molecule is CCC1CCCCN1Cc1c(C)nn(CCO)c1C. The lowest BCUT2D eigenvalue weighted by Crippen LogP contribution is -2.38. The van der Waals surface area contributed by atoms with E-state index >= 15 is 0 Å². The molecular weight excluding hydrogens is 238 g/mol. The number of hydrogen-bond acceptors (Lipinski definition) is 3. The molecule has 108 valence electrons. The highest BCUT2D eigenvalue weighted by Gasteiger charge is 2.23. The van der Waals surface area contributed by atoms with Gasteiger partial charge in [0.15, 0.2) is 0 Å². The van der Waals surface area contributed by atoms with Gasteiger partial charge in [0.05, 0.1) is 18.8 Å². The van der Waals surface area contributed by atoms with Gasteiger partial charge in [-0.3, -0.25) is 9.58 Å². The molecule has 0 spiro atoms. The molecule has 0 radical (unpaired) electrons. The Morgan fingerprint density at radius 1 is 1.32 bits per heavy atom. The first-order valence-corrected chi connectivity index (χ1v) is 7.55. The molecule has 1 N–H and O–H groups in total. The van der Waals surface area contributed by atoms with E-state index in [0.717, 1.165) is 18.3 Å². The molecule has 1 aromatic heterocycles. The van der Waals surface area contributed by atoms with Crippen molar-refractivity contribution < 1.29 is 5.11 Å². The lowest BCUT2D eigenvalue weighted by Gasteiger charge is -2.35. The van der Waals surface area contributed by atoms with Crippen molar-refractivity contribution in [1.29, 1.82) is 0 Å². The van der Waals surface area contributed by atoms with Crippen LogP contribution in [0, 0.1) is 13.8 Å². The second kappa shape index (κ2) is 6.53. The maximum atomic E-state index is 9.07. The third-order valence-electron chi connectivity index (χ3n) is 4.42. The number of nitrogens with zero attached hydrogens (tertiary/aromatic N) is 3. The Balaban J connectivity index is 2.13. The standard InChI is InChI=1S/C15H27N3O/c1-4-14-7-5-6-8-17(14)11-15-12(2)16-18(9-10-19)13(15)3/h14,19H,4-11H2,1-3H3. The van der Waals surface area contributed by atoms with Crippen molar-refractivity contribution in [2.75, 3.05) is 13.2 Å². The topological polar surface area (TPSA) is 41.3 Å². The van der Waals surface area contributed by atoms with E-state index in [2.05, 4.69) is 30.8 Å². The minimum atomic E-state index is 0.155. The molecule has 0 saturated carbocycles. The monoisotopic (exact) mass is 265 g/mol. The summed E-state index contributed by atoms with van der Waals surface area (Å²) in [6.07, 6.45) is 5.26. The predicted molar refractivity (Wildman–Crippen MR) is 77.1 cm³/mol. The third kappa shape index (κ3) is 3.18. The normalized spacial score (nSPS) is 20.9. The number of piperidine rings is 1. The van der Waals surface area contributed by atoms with Crippen molar-refractivity contribution in [3.8, 4) is 0 Å². The highest BCUT2D eigenvalue weighted by molar-refractivity contribution is 5.24. The Kier molecular flexibility index (Phi) is 4.99. The summed E-state index contributed by atoms with van der Waals surface area (Å²) in [5.41, 5.74) is 3.69. The fraction of sp³-hybridized carbons (Fsp3) is 0.800. The molecular formula is C15H27N3O. The van der Waals surface area contributed by atoms with Crippen LogP contribution < -0.4 is 0 Å². The fourth-order valence-corrected chi connectivity index (χ4v) is 3.21. The van der Waals surface area contributed by atoms with Crippen molar-refractivity contribution in [2.24, 2.45) is 0 Å². The van der Waals surface area contributed by atoms with E-state index in [-0.39, 0.29) is 6.61 Å². The Bertz CT molecular complexity index is 414. The van der Waals surface area contributed by atoms with Gasteiger partial charge in [0.25, 0.3) is 0 Å². The maximum absolute atomic E-state index is 9.07. The molecule has 0 aliphatic carbocycles. The first kappa shape index (κ1) is 14.5. The largest absolute Gasteiger partial charge is 0.394 e. The Morgan fingerprint density at radius 2 is 2.11 bits per heavy atom. The maximum Gasteiger partial charge on any atom is 0.0644 e. The van der Waals surface area contributed by atoms with E-state index in [1.165, 1.54) is 43.5 Å². The van der Waals surface area contributed by atoms with E-state index in [9.17, 15) is 0 Å². The van der Waals surface area contributed by atoms with Gasteiger partial charge < -0.3 is 5.11 Å². The molecule has 1 atom stereocenters. The highest BCUT2D eigenvalue weighted by atomic mass is 16.3. The van der Waals surface area contributed by atoms with E-state index in [0.29, 0.717) is 6.54 Å². The van der Waals surface area contributed by atoms with Crippen LogP contribution in [0.1, 0.15) is 49.6 Å². The van der Waals surface area contributed by atoms with Gasteiger partial charge in [-0.25, -0.2) is 0 Å². The van der Waals surface area contributed by atoms with Crippen LogP contribution in [0.3, 0.4) is 0 Å². The summed E-state index contributed by atoms with van der Waals surface area (Å²) in [5, 5.41) is 13.6. The van der Waals surface area contributed by atoms with Crippen molar-refractivity contribution in [1.82, 2.24) is 14.7 Å². The minimum Gasteiger partial charge on any atom is -0.394 e. The minimum absolute atomic E-state index is 0.155. The van der Waals surface area contributed by atoms with E-state index in [1.807, 2.05) is 4.68 Å². The van der Waals surface area contributed by atoms with Gasteiger partial charge in [-0.15, -0.1) is 0 Å². The number of aliphatic hydroxyl groups is 1. The van der Waals surface area contributed by atoms with Gasteiger partial charge in [0.2, 0.25) is 0 Å². The first-order valence-electron chi connectivity index (χ1n) is 7.55. The first-order chi connectivity index (χ1) is 9.17. The predicted octanol–water partition coefficient (Wildman–Crippen LogP) is 2.26. The van der Waals surface area contributed by atoms with Gasteiger partial charge in [-0.1, -0.05) is 13.3 Å². The number of aryl methyl sites for hydroxylation is 1. The Labute approximate surface area is 116 Å². The molecule has 2 rings (SSSR count). The number of likely N-dealkylation sites (tertiary alicyclic amines) is 1. The van der Waals surface area contributed by atoms with Crippen LogP contribution in [0.25, 0.3) is 0 Å². The molecule has 4 nitrogen and oxygen atoms in total. The Hall–Kier alpha value is -0.870. The molecule has 19 heavy (non-hydrogen) atoms. The van der Waals surface area contributed by atoms with Gasteiger partial charge >= 0.3 is 0 Å². The van der Waals surface area contributed by atoms with Crippen molar-refractivity contribution in [3.05, 3.63) is 17.0 Å². The van der Waals surface area contributed by atoms with Crippen LogP contribution in [0.2, 0.25) is 0 Å². The fourth-order valence-electron chi connectivity index (χ4n) is 3.21. The summed E-state index contributed by atoms with van der Waals surface area (Å²) in [4.78, 5) is 2.61. The van der Waals surface area contributed by atoms with E-state index in [1.54, 1.807) is 0 Å². The second-order valence-corrected chi connectivity index (χ2v) is 5.62. The van der Waals surface area contributed by atoms with Gasteiger partial charge in [0, 0.05) is 23.8 Å². The summed E-state index contributed by atoms with van der Waals surface area (Å²) in [5.74, 6) is 0. The van der Waals surface area contributed by atoms with E-state index in [4.69, 9.17) is 5.11 Å². The van der Waals surface area contributed by atoms with Gasteiger partial charge in [0.1, 0.15) is 0 Å². The van der Waals surface area contributed by atoms with Crippen LogP contribution >= 0.6 is 0 Å². The summed E-state index contributed by atoms with van der Waals surface area (Å²) < 4.78 is 1.94. The quantitative estimate of drug-likeness (QED) is 0.888. The zero-order valence-electron chi connectivity index (χ0n) is 12.5. The number of aromatic nitrogens is 2. The van der Waals surface area contributed by atoms with Crippen molar-refractivity contribution >= 4 is 0 Å².